The van der Waals surface area contributed by atoms with Gasteiger partial charge in [0.05, 0.1) is 5.75 Å². The molecule has 2 N–H and O–H groups in total. The fraction of sp³-hybridized carbons (Fsp3) is 0.923. The van der Waals surface area contributed by atoms with E-state index in [2.05, 4.69) is 0 Å². The van der Waals surface area contributed by atoms with E-state index >= 15 is 0 Å². The molecule has 0 bridgehead atoms. The van der Waals surface area contributed by atoms with Gasteiger partial charge in [0.25, 0.3) is 5.92 Å². The summed E-state index contributed by atoms with van der Waals surface area (Å²) in [7, 11) is -4.05. The Labute approximate surface area is 124 Å². The average Bonchev–Trinajstić information content (AvgIpc) is 2.29. The Hall–Kier alpha value is -0.760. The number of alkyl halides is 2. The lowest BCUT2D eigenvalue weighted by Crippen LogP contribution is -2.46. The minimum absolute atomic E-state index is 0.0232. The number of nitrogens with one attached hydrogen (secondary N) is 1. The summed E-state index contributed by atoms with van der Waals surface area (Å²) in [5, 5.41) is 9.02. The second-order valence-electron chi connectivity index (χ2n) is 6.12. The highest BCUT2D eigenvalue weighted by atomic mass is 32.2. The zero-order chi connectivity index (χ0) is 16.3. The van der Waals surface area contributed by atoms with E-state index < -0.39 is 39.6 Å². The van der Waals surface area contributed by atoms with Crippen LogP contribution in [0, 0.1) is 11.8 Å². The monoisotopic (exact) mass is 327 g/mol. The predicted octanol–water partition coefficient (Wildman–Crippen LogP) is 2.23. The highest BCUT2D eigenvalue weighted by Gasteiger charge is 2.44. The van der Waals surface area contributed by atoms with E-state index in [9.17, 15) is 22.0 Å². The molecule has 8 heteroatoms. The second kappa shape index (κ2) is 7.00. The Morgan fingerprint density at radius 1 is 1.38 bits per heavy atom. The average molecular weight is 327 g/mol. The van der Waals surface area contributed by atoms with Gasteiger partial charge in [0.1, 0.15) is 6.04 Å². The third kappa shape index (κ3) is 5.86. The van der Waals surface area contributed by atoms with Crippen molar-refractivity contribution in [2.75, 3.05) is 5.75 Å². The van der Waals surface area contributed by atoms with Crippen molar-refractivity contribution >= 4 is 16.0 Å². The molecule has 0 aromatic carbocycles. The largest absolute Gasteiger partial charge is 0.480 e. The topological polar surface area (TPSA) is 83.5 Å². The Balaban J connectivity index is 2.73. The van der Waals surface area contributed by atoms with E-state index in [0.717, 1.165) is 0 Å². The summed E-state index contributed by atoms with van der Waals surface area (Å²) in [6.45, 7) is 3.53. The maximum Gasteiger partial charge on any atom is 0.321 e. The Morgan fingerprint density at radius 3 is 2.48 bits per heavy atom. The first kappa shape index (κ1) is 18.3. The van der Waals surface area contributed by atoms with Crippen molar-refractivity contribution in [3.8, 4) is 0 Å². The van der Waals surface area contributed by atoms with Gasteiger partial charge >= 0.3 is 5.97 Å². The molecule has 0 radical (unpaired) electrons. The van der Waals surface area contributed by atoms with Crippen molar-refractivity contribution in [3.05, 3.63) is 0 Å². The molecule has 0 aromatic rings. The Kier molecular flexibility index (Phi) is 6.10. The lowest BCUT2D eigenvalue weighted by atomic mass is 9.87. The van der Waals surface area contributed by atoms with Crippen molar-refractivity contribution in [2.45, 2.75) is 57.9 Å². The molecule has 1 fully saturated rings. The smallest absolute Gasteiger partial charge is 0.321 e. The van der Waals surface area contributed by atoms with Crippen LogP contribution in [0.3, 0.4) is 0 Å². The van der Waals surface area contributed by atoms with Gasteiger partial charge in [-0.15, -0.1) is 0 Å². The fourth-order valence-electron chi connectivity index (χ4n) is 2.57. The molecule has 0 aliphatic heterocycles. The fourth-order valence-corrected chi connectivity index (χ4v) is 4.24. The van der Waals surface area contributed by atoms with Crippen molar-refractivity contribution in [3.63, 3.8) is 0 Å². The van der Waals surface area contributed by atoms with Crippen LogP contribution >= 0.6 is 0 Å². The minimum atomic E-state index is -4.05. The minimum Gasteiger partial charge on any atom is -0.480 e. The normalized spacial score (nSPS) is 24.0. The standard InChI is InChI=1S/C13H23F2NO4S/c1-9(2)7-11(12(17)18)16-21(19,20)8-10-5-3-4-6-13(10,14)15/h9-11,16H,3-8H2,1-2H3,(H,17,18)/t10?,11-/m1/s1. The molecule has 0 saturated heterocycles. The van der Waals surface area contributed by atoms with Crippen LogP contribution in [0.15, 0.2) is 0 Å². The molecule has 21 heavy (non-hydrogen) atoms. The summed E-state index contributed by atoms with van der Waals surface area (Å²) in [6.07, 6.45) is 0.930. The van der Waals surface area contributed by atoms with E-state index in [0.29, 0.717) is 12.8 Å². The SMILES string of the molecule is CC(C)C[C@@H](NS(=O)(=O)CC1CCCCC1(F)F)C(=O)O. The van der Waals surface area contributed by atoms with Gasteiger partial charge in [0.15, 0.2) is 0 Å². The molecule has 1 rings (SSSR count). The van der Waals surface area contributed by atoms with Gasteiger partial charge in [0.2, 0.25) is 10.0 Å². The van der Waals surface area contributed by atoms with Crippen LogP contribution in [-0.2, 0) is 14.8 Å². The van der Waals surface area contributed by atoms with E-state index in [1.165, 1.54) is 0 Å². The van der Waals surface area contributed by atoms with Crippen molar-refractivity contribution in [2.24, 2.45) is 11.8 Å². The third-order valence-electron chi connectivity index (χ3n) is 3.66. The zero-order valence-electron chi connectivity index (χ0n) is 12.3. The zero-order valence-corrected chi connectivity index (χ0v) is 13.1. The number of hydrogen-bond acceptors (Lipinski definition) is 3. The summed E-state index contributed by atoms with van der Waals surface area (Å²) >= 11 is 0. The molecule has 1 saturated carbocycles. The lowest BCUT2D eigenvalue weighted by molar-refractivity contribution is -0.139. The highest BCUT2D eigenvalue weighted by molar-refractivity contribution is 7.89. The maximum atomic E-state index is 13.7. The van der Waals surface area contributed by atoms with Crippen LogP contribution in [0.25, 0.3) is 0 Å². The first-order valence-electron chi connectivity index (χ1n) is 7.14. The molecule has 1 aliphatic rings. The van der Waals surface area contributed by atoms with E-state index in [4.69, 9.17) is 5.11 Å². The van der Waals surface area contributed by atoms with Gasteiger partial charge in [-0.2, -0.15) is 0 Å². The molecule has 1 aliphatic carbocycles. The summed E-state index contributed by atoms with van der Waals surface area (Å²) in [6, 6.07) is -1.27. The van der Waals surface area contributed by atoms with Crippen LogP contribution in [-0.4, -0.2) is 37.2 Å². The number of carbonyl (C=O) groups is 1. The predicted molar refractivity (Wildman–Crippen MR) is 74.7 cm³/mol. The molecule has 0 spiro atoms. The number of carboxylic acid groups (broad SMARTS) is 1. The summed E-state index contributed by atoms with van der Waals surface area (Å²) in [4.78, 5) is 11.1. The van der Waals surface area contributed by atoms with Crippen LogP contribution in [0.5, 0.6) is 0 Å². The van der Waals surface area contributed by atoms with E-state index in [1.54, 1.807) is 13.8 Å². The number of hydrogen-bond donors (Lipinski definition) is 2. The first-order chi connectivity index (χ1) is 9.53. The molecule has 124 valence electrons. The van der Waals surface area contributed by atoms with Gasteiger partial charge in [-0.1, -0.05) is 20.3 Å². The number of sulfonamides is 1. The third-order valence-corrected chi connectivity index (χ3v) is 5.14. The summed E-state index contributed by atoms with van der Waals surface area (Å²) in [5.41, 5.74) is 0. The van der Waals surface area contributed by atoms with Gasteiger partial charge in [-0.3, -0.25) is 4.79 Å². The quantitative estimate of drug-likeness (QED) is 0.751. The molecule has 5 nitrogen and oxygen atoms in total. The molecule has 0 aromatic heterocycles. The number of halogens is 2. The molecule has 2 atom stereocenters. The number of carboxylic acids is 1. The maximum absolute atomic E-state index is 13.7. The van der Waals surface area contributed by atoms with Crippen molar-refractivity contribution < 1.29 is 27.1 Å². The summed E-state index contributed by atoms with van der Waals surface area (Å²) in [5.74, 6) is -6.27. The van der Waals surface area contributed by atoms with Crippen molar-refractivity contribution in [1.29, 1.82) is 0 Å². The Morgan fingerprint density at radius 2 is 2.00 bits per heavy atom. The second-order valence-corrected chi connectivity index (χ2v) is 7.92. The number of aliphatic carboxylic acids is 1. The lowest BCUT2D eigenvalue weighted by Gasteiger charge is -2.31. The first-order valence-corrected chi connectivity index (χ1v) is 8.79. The van der Waals surface area contributed by atoms with Crippen LogP contribution in [0.1, 0.15) is 46.0 Å². The summed E-state index contributed by atoms with van der Waals surface area (Å²) < 4.78 is 53.4. The molecular weight excluding hydrogens is 304 g/mol. The van der Waals surface area contributed by atoms with E-state index in [-0.39, 0.29) is 25.2 Å². The highest BCUT2D eigenvalue weighted by Crippen LogP contribution is 2.39. The van der Waals surface area contributed by atoms with Crippen molar-refractivity contribution in [1.82, 2.24) is 4.72 Å². The van der Waals surface area contributed by atoms with Crippen LogP contribution < -0.4 is 4.72 Å². The molecule has 0 heterocycles. The van der Waals surface area contributed by atoms with Crippen LogP contribution in [0.2, 0.25) is 0 Å². The van der Waals surface area contributed by atoms with E-state index in [1.807, 2.05) is 4.72 Å². The van der Waals surface area contributed by atoms with Gasteiger partial charge in [-0.05, 0) is 25.2 Å². The number of rotatable bonds is 7. The molecule has 1 unspecified atom stereocenters. The Bertz CT molecular complexity index is 465. The van der Waals surface area contributed by atoms with Crippen LogP contribution in [0.4, 0.5) is 8.78 Å². The molecular formula is C13H23F2NO4S. The van der Waals surface area contributed by atoms with Gasteiger partial charge < -0.3 is 5.11 Å². The molecule has 0 amide bonds. The van der Waals surface area contributed by atoms with Gasteiger partial charge in [-0.25, -0.2) is 21.9 Å². The van der Waals surface area contributed by atoms with Gasteiger partial charge in [0, 0.05) is 12.3 Å².